The van der Waals surface area contributed by atoms with Crippen LogP contribution in [-0.2, 0) is 9.59 Å². The molecule has 1 fully saturated rings. The Labute approximate surface area is 202 Å². The number of nitrogens with zero attached hydrogens (tertiary/aromatic N) is 2. The number of carbonyl (C=O) groups is 2. The summed E-state index contributed by atoms with van der Waals surface area (Å²) in [6, 6.07) is 18.5. The quantitative estimate of drug-likeness (QED) is 0.340. The van der Waals surface area contributed by atoms with Crippen LogP contribution in [0.1, 0.15) is 17.2 Å². The highest BCUT2D eigenvalue weighted by Crippen LogP contribution is 2.45. The van der Waals surface area contributed by atoms with Gasteiger partial charge in [-0.1, -0.05) is 24.3 Å². The summed E-state index contributed by atoms with van der Waals surface area (Å²) in [5.41, 5.74) is 2.39. The van der Waals surface area contributed by atoms with Gasteiger partial charge in [-0.05, 0) is 42.0 Å². The number of carbonyl (C=O) groups excluding carboxylic acids is 2. The van der Waals surface area contributed by atoms with Gasteiger partial charge in [0.15, 0.2) is 11.5 Å². The summed E-state index contributed by atoms with van der Waals surface area (Å²) >= 11 is 0. The van der Waals surface area contributed by atoms with Crippen molar-refractivity contribution >= 4 is 28.8 Å². The molecule has 1 amide bonds. The molecular formula is C27H24N2O6. The molecule has 178 valence electrons. The first-order valence-corrected chi connectivity index (χ1v) is 11.0. The zero-order chi connectivity index (χ0) is 24.7. The Bertz CT molecular complexity index is 1350. The number of benzene rings is 3. The smallest absolute Gasteiger partial charge is 0.300 e. The predicted octanol–water partition coefficient (Wildman–Crippen LogP) is 4.12. The van der Waals surface area contributed by atoms with Gasteiger partial charge in [0.25, 0.3) is 11.7 Å². The molecule has 1 N–H and O–H groups in total. The Kier molecular flexibility index (Phi) is 5.56. The topological polar surface area (TPSA) is 88.5 Å². The lowest BCUT2D eigenvalue weighted by Crippen LogP contribution is -2.29. The first-order chi connectivity index (χ1) is 16.9. The van der Waals surface area contributed by atoms with Crippen molar-refractivity contribution < 1.29 is 28.9 Å². The zero-order valence-corrected chi connectivity index (χ0v) is 19.5. The molecule has 8 heteroatoms. The van der Waals surface area contributed by atoms with Crippen LogP contribution < -0.4 is 24.0 Å². The number of amides is 1. The van der Waals surface area contributed by atoms with Crippen molar-refractivity contribution in [1.29, 1.82) is 0 Å². The minimum Gasteiger partial charge on any atom is -0.507 e. The molecular weight excluding hydrogens is 448 g/mol. The first kappa shape index (κ1) is 22.3. The second kappa shape index (κ2) is 8.72. The zero-order valence-electron chi connectivity index (χ0n) is 19.5. The van der Waals surface area contributed by atoms with E-state index in [0.717, 1.165) is 5.69 Å². The number of ether oxygens (including phenoxy) is 3. The molecule has 1 atom stereocenters. The van der Waals surface area contributed by atoms with Gasteiger partial charge in [0, 0.05) is 31.5 Å². The van der Waals surface area contributed by atoms with Crippen LogP contribution in [0.25, 0.3) is 5.76 Å². The third-order valence-electron chi connectivity index (χ3n) is 6.17. The molecule has 3 aromatic rings. The number of Topliss-reactive ketones (excluding diaryl/α,β-unsaturated/α-hetero) is 1. The van der Waals surface area contributed by atoms with E-state index in [1.165, 1.54) is 12.0 Å². The summed E-state index contributed by atoms with van der Waals surface area (Å²) < 4.78 is 16.3. The third kappa shape index (κ3) is 3.73. The average molecular weight is 472 g/mol. The monoisotopic (exact) mass is 472 g/mol. The fraction of sp³-hybridized carbons (Fsp3) is 0.185. The van der Waals surface area contributed by atoms with E-state index in [4.69, 9.17) is 14.2 Å². The molecule has 1 saturated heterocycles. The lowest BCUT2D eigenvalue weighted by molar-refractivity contribution is -0.132. The van der Waals surface area contributed by atoms with Crippen molar-refractivity contribution in [3.63, 3.8) is 0 Å². The maximum absolute atomic E-state index is 13.4. The van der Waals surface area contributed by atoms with Crippen molar-refractivity contribution in [2.75, 3.05) is 37.8 Å². The molecule has 2 aliphatic rings. The molecule has 0 saturated carbocycles. The minimum atomic E-state index is -0.864. The fourth-order valence-electron chi connectivity index (χ4n) is 4.39. The van der Waals surface area contributed by atoms with E-state index in [0.29, 0.717) is 34.1 Å². The Hall–Kier alpha value is -4.46. The number of hydrogen-bond acceptors (Lipinski definition) is 7. The summed E-state index contributed by atoms with van der Waals surface area (Å²) in [6.45, 7) is 0.0842. The van der Waals surface area contributed by atoms with Crippen molar-refractivity contribution in [2.45, 2.75) is 6.04 Å². The minimum absolute atomic E-state index is 0.0187. The van der Waals surface area contributed by atoms with Crippen LogP contribution >= 0.6 is 0 Å². The molecule has 0 aromatic heterocycles. The number of ketones is 1. The van der Waals surface area contributed by atoms with Crippen LogP contribution in [0.4, 0.5) is 11.4 Å². The number of hydrogen-bond donors (Lipinski definition) is 1. The standard InChI is InChI=1S/C27H24N2O6/c1-28(2)17-10-8-16(9-11-17)24-23(25(30)19-6-4-5-7-20(19)33-3)26(31)27(32)29(24)18-12-13-21-22(14-18)35-15-34-21/h4-14,24,30H,15H2,1-3H3/b25-23+. The third-order valence-corrected chi connectivity index (χ3v) is 6.17. The van der Waals surface area contributed by atoms with Crippen LogP contribution in [0.3, 0.4) is 0 Å². The van der Waals surface area contributed by atoms with E-state index in [1.807, 2.05) is 43.3 Å². The van der Waals surface area contributed by atoms with E-state index < -0.39 is 17.7 Å². The van der Waals surface area contributed by atoms with Gasteiger partial charge in [0.2, 0.25) is 6.79 Å². The Morgan fingerprint density at radius 3 is 2.43 bits per heavy atom. The van der Waals surface area contributed by atoms with E-state index in [2.05, 4.69) is 0 Å². The lowest BCUT2D eigenvalue weighted by Gasteiger charge is -2.26. The summed E-state index contributed by atoms with van der Waals surface area (Å²) in [5.74, 6) is -0.399. The van der Waals surface area contributed by atoms with E-state index in [-0.39, 0.29) is 18.1 Å². The highest BCUT2D eigenvalue weighted by atomic mass is 16.7. The highest BCUT2D eigenvalue weighted by Gasteiger charge is 2.47. The molecule has 3 aromatic carbocycles. The van der Waals surface area contributed by atoms with E-state index >= 15 is 0 Å². The number of rotatable bonds is 5. The van der Waals surface area contributed by atoms with E-state index in [1.54, 1.807) is 42.5 Å². The average Bonchev–Trinajstić information content (AvgIpc) is 3.45. The van der Waals surface area contributed by atoms with Crippen molar-refractivity contribution in [1.82, 2.24) is 0 Å². The number of para-hydroxylation sites is 1. The predicted molar refractivity (Wildman–Crippen MR) is 131 cm³/mol. The Morgan fingerprint density at radius 2 is 1.71 bits per heavy atom. The van der Waals surface area contributed by atoms with Crippen molar-refractivity contribution in [3.05, 3.63) is 83.4 Å². The molecule has 1 unspecified atom stereocenters. The second-order valence-corrected chi connectivity index (χ2v) is 8.39. The van der Waals surface area contributed by atoms with Gasteiger partial charge >= 0.3 is 0 Å². The molecule has 0 aliphatic carbocycles. The Balaban J connectivity index is 1.71. The van der Waals surface area contributed by atoms with Crippen LogP contribution in [0, 0.1) is 0 Å². The van der Waals surface area contributed by atoms with Gasteiger partial charge in [-0.2, -0.15) is 0 Å². The van der Waals surface area contributed by atoms with Gasteiger partial charge < -0.3 is 24.2 Å². The second-order valence-electron chi connectivity index (χ2n) is 8.39. The molecule has 5 rings (SSSR count). The molecule has 0 bridgehead atoms. The SMILES string of the molecule is COc1ccccc1/C(O)=C1\C(=O)C(=O)N(c2ccc3c(c2)OCO3)C1c1ccc(N(C)C)cc1. The van der Waals surface area contributed by atoms with Crippen LogP contribution in [0.15, 0.2) is 72.3 Å². The summed E-state index contributed by atoms with van der Waals surface area (Å²) in [5, 5.41) is 11.4. The molecule has 0 radical (unpaired) electrons. The highest BCUT2D eigenvalue weighted by molar-refractivity contribution is 6.51. The maximum Gasteiger partial charge on any atom is 0.300 e. The summed E-state index contributed by atoms with van der Waals surface area (Å²) in [7, 11) is 5.33. The normalized spacial score (nSPS) is 18.1. The Morgan fingerprint density at radius 1 is 1.00 bits per heavy atom. The van der Waals surface area contributed by atoms with Gasteiger partial charge in [-0.25, -0.2) is 0 Å². The summed E-state index contributed by atoms with van der Waals surface area (Å²) in [4.78, 5) is 30.1. The first-order valence-electron chi connectivity index (χ1n) is 11.0. The maximum atomic E-state index is 13.4. The largest absolute Gasteiger partial charge is 0.507 e. The number of anilines is 2. The molecule has 8 nitrogen and oxygen atoms in total. The fourth-order valence-corrected chi connectivity index (χ4v) is 4.39. The van der Waals surface area contributed by atoms with Crippen LogP contribution in [0.5, 0.6) is 17.2 Å². The number of fused-ring (bicyclic) bond motifs is 1. The van der Waals surface area contributed by atoms with Gasteiger partial charge in [-0.3, -0.25) is 14.5 Å². The summed E-state index contributed by atoms with van der Waals surface area (Å²) in [6.07, 6.45) is 0. The molecule has 0 spiro atoms. The molecule has 2 heterocycles. The lowest BCUT2D eigenvalue weighted by atomic mass is 9.94. The molecule has 35 heavy (non-hydrogen) atoms. The van der Waals surface area contributed by atoms with Gasteiger partial charge in [0.1, 0.15) is 11.5 Å². The van der Waals surface area contributed by atoms with E-state index in [9.17, 15) is 14.7 Å². The number of aliphatic hydroxyl groups is 1. The van der Waals surface area contributed by atoms with Crippen molar-refractivity contribution in [3.8, 4) is 17.2 Å². The number of methoxy groups -OCH3 is 1. The number of aliphatic hydroxyl groups excluding tert-OH is 1. The van der Waals surface area contributed by atoms with Crippen LogP contribution in [-0.4, -0.2) is 44.8 Å². The van der Waals surface area contributed by atoms with Crippen LogP contribution in [0.2, 0.25) is 0 Å². The van der Waals surface area contributed by atoms with Crippen molar-refractivity contribution in [2.24, 2.45) is 0 Å². The van der Waals surface area contributed by atoms with Gasteiger partial charge in [-0.15, -0.1) is 0 Å². The van der Waals surface area contributed by atoms with Gasteiger partial charge in [0.05, 0.1) is 24.3 Å². The molecule has 2 aliphatic heterocycles.